The van der Waals surface area contributed by atoms with Crippen LogP contribution in [-0.2, 0) is 9.53 Å². The Morgan fingerprint density at radius 1 is 1.17 bits per heavy atom. The van der Waals surface area contributed by atoms with E-state index in [1.807, 2.05) is 4.90 Å². The van der Waals surface area contributed by atoms with Crippen LogP contribution < -0.4 is 10.2 Å². The van der Waals surface area contributed by atoms with Gasteiger partial charge in [0.15, 0.2) is 0 Å². The average molecular weight is 406 g/mol. The van der Waals surface area contributed by atoms with Crippen LogP contribution in [0.25, 0.3) is 0 Å². The Hall–Kier alpha value is -2.68. The SMILES string of the molecule is CCCCOCCCNC(=O)c1ccc(N2CCN(C(C)=O)CC2)c([N+](=O)[O-])c1. The number of nitro benzene ring substituents is 1. The molecule has 1 fully saturated rings. The lowest BCUT2D eigenvalue weighted by atomic mass is 10.1. The summed E-state index contributed by atoms with van der Waals surface area (Å²) in [5, 5.41) is 14.3. The number of piperazine rings is 1. The fourth-order valence-electron chi connectivity index (χ4n) is 3.17. The van der Waals surface area contributed by atoms with E-state index < -0.39 is 4.92 Å². The molecule has 0 aromatic heterocycles. The van der Waals surface area contributed by atoms with Crippen LogP contribution in [0.15, 0.2) is 18.2 Å². The first-order valence-corrected chi connectivity index (χ1v) is 10.1. The second kappa shape index (κ2) is 11.4. The Morgan fingerprint density at radius 3 is 2.48 bits per heavy atom. The highest BCUT2D eigenvalue weighted by atomic mass is 16.6. The van der Waals surface area contributed by atoms with E-state index in [0.717, 1.165) is 19.4 Å². The van der Waals surface area contributed by atoms with E-state index in [1.54, 1.807) is 17.0 Å². The van der Waals surface area contributed by atoms with Crippen LogP contribution in [0.1, 0.15) is 43.5 Å². The van der Waals surface area contributed by atoms with Gasteiger partial charge in [-0.05, 0) is 25.0 Å². The lowest BCUT2D eigenvalue weighted by molar-refractivity contribution is -0.384. The Kier molecular flexibility index (Phi) is 8.85. The molecule has 1 aliphatic heterocycles. The summed E-state index contributed by atoms with van der Waals surface area (Å²) in [5.41, 5.74) is 0.630. The van der Waals surface area contributed by atoms with Crippen LogP contribution >= 0.6 is 0 Å². The van der Waals surface area contributed by atoms with E-state index in [0.29, 0.717) is 51.4 Å². The van der Waals surface area contributed by atoms with E-state index in [-0.39, 0.29) is 23.1 Å². The second-order valence-electron chi connectivity index (χ2n) is 7.03. The van der Waals surface area contributed by atoms with Crippen LogP contribution in [0.2, 0.25) is 0 Å². The number of rotatable bonds is 10. The van der Waals surface area contributed by atoms with E-state index in [1.165, 1.54) is 13.0 Å². The van der Waals surface area contributed by atoms with Crippen molar-refractivity contribution in [3.05, 3.63) is 33.9 Å². The van der Waals surface area contributed by atoms with Gasteiger partial charge in [0, 0.05) is 64.5 Å². The first-order valence-electron chi connectivity index (χ1n) is 10.1. The fourth-order valence-corrected chi connectivity index (χ4v) is 3.17. The quantitative estimate of drug-likeness (QED) is 0.363. The van der Waals surface area contributed by atoms with E-state index in [2.05, 4.69) is 12.2 Å². The van der Waals surface area contributed by atoms with E-state index in [9.17, 15) is 19.7 Å². The Morgan fingerprint density at radius 2 is 1.86 bits per heavy atom. The van der Waals surface area contributed by atoms with Gasteiger partial charge in [-0.2, -0.15) is 0 Å². The minimum Gasteiger partial charge on any atom is -0.381 e. The molecule has 2 rings (SSSR count). The van der Waals surface area contributed by atoms with Crippen LogP contribution in [0.5, 0.6) is 0 Å². The molecule has 0 atom stereocenters. The zero-order valence-corrected chi connectivity index (χ0v) is 17.2. The molecule has 1 aromatic carbocycles. The number of nitrogens with zero attached hydrogens (tertiary/aromatic N) is 3. The summed E-state index contributed by atoms with van der Waals surface area (Å²) in [6.45, 7) is 7.44. The number of benzene rings is 1. The number of carbonyl (C=O) groups excluding carboxylic acids is 2. The third-order valence-corrected chi connectivity index (χ3v) is 4.89. The molecule has 0 radical (unpaired) electrons. The molecular weight excluding hydrogens is 376 g/mol. The molecule has 1 heterocycles. The fraction of sp³-hybridized carbons (Fsp3) is 0.600. The van der Waals surface area contributed by atoms with Crippen molar-refractivity contribution in [2.45, 2.75) is 33.1 Å². The van der Waals surface area contributed by atoms with Gasteiger partial charge >= 0.3 is 0 Å². The maximum atomic E-state index is 12.3. The molecule has 160 valence electrons. The molecule has 9 heteroatoms. The molecule has 0 spiro atoms. The highest BCUT2D eigenvalue weighted by Gasteiger charge is 2.25. The Bertz CT molecular complexity index is 717. The van der Waals surface area contributed by atoms with Crippen LogP contribution in [0, 0.1) is 10.1 Å². The number of ether oxygens (including phenoxy) is 1. The zero-order chi connectivity index (χ0) is 21.2. The maximum absolute atomic E-state index is 12.3. The third-order valence-electron chi connectivity index (χ3n) is 4.89. The number of anilines is 1. The molecule has 0 saturated carbocycles. The van der Waals surface area contributed by atoms with Crippen LogP contribution in [0.4, 0.5) is 11.4 Å². The lowest BCUT2D eigenvalue weighted by Crippen LogP contribution is -2.48. The highest BCUT2D eigenvalue weighted by molar-refractivity contribution is 5.95. The van der Waals surface area contributed by atoms with Gasteiger partial charge in [0.1, 0.15) is 5.69 Å². The summed E-state index contributed by atoms with van der Waals surface area (Å²) in [4.78, 5) is 38.5. The third kappa shape index (κ3) is 6.70. The summed E-state index contributed by atoms with van der Waals surface area (Å²) in [6, 6.07) is 4.54. The summed E-state index contributed by atoms with van der Waals surface area (Å²) in [7, 11) is 0. The van der Waals surface area contributed by atoms with Crippen molar-refractivity contribution >= 4 is 23.2 Å². The lowest BCUT2D eigenvalue weighted by Gasteiger charge is -2.35. The van der Waals surface area contributed by atoms with Crippen LogP contribution in [0.3, 0.4) is 0 Å². The summed E-state index contributed by atoms with van der Waals surface area (Å²) in [5.74, 6) is -0.337. The van der Waals surface area contributed by atoms with Gasteiger partial charge in [0.25, 0.3) is 11.6 Å². The predicted octanol–water partition coefficient (Wildman–Crippen LogP) is 2.20. The molecule has 2 amide bonds. The number of amides is 2. The van der Waals surface area contributed by atoms with Gasteiger partial charge in [-0.3, -0.25) is 19.7 Å². The molecule has 1 N–H and O–H groups in total. The second-order valence-corrected chi connectivity index (χ2v) is 7.03. The Balaban J connectivity index is 1.94. The summed E-state index contributed by atoms with van der Waals surface area (Å²) in [6.07, 6.45) is 2.79. The number of unbranched alkanes of at least 4 members (excludes halogenated alkanes) is 1. The number of hydrogen-bond acceptors (Lipinski definition) is 6. The normalized spacial score (nSPS) is 14.0. The van der Waals surface area contributed by atoms with Crippen molar-refractivity contribution in [1.29, 1.82) is 0 Å². The van der Waals surface area contributed by atoms with Gasteiger partial charge in [-0.1, -0.05) is 13.3 Å². The predicted molar refractivity (Wildman–Crippen MR) is 110 cm³/mol. The largest absolute Gasteiger partial charge is 0.381 e. The monoisotopic (exact) mass is 406 g/mol. The van der Waals surface area contributed by atoms with Crippen molar-refractivity contribution in [1.82, 2.24) is 10.2 Å². The van der Waals surface area contributed by atoms with Crippen molar-refractivity contribution in [3.63, 3.8) is 0 Å². The van der Waals surface area contributed by atoms with Crippen LogP contribution in [-0.4, -0.2) is 67.6 Å². The molecule has 1 aromatic rings. The molecule has 0 unspecified atom stereocenters. The van der Waals surface area contributed by atoms with E-state index >= 15 is 0 Å². The smallest absolute Gasteiger partial charge is 0.293 e. The highest BCUT2D eigenvalue weighted by Crippen LogP contribution is 2.30. The molecule has 0 aliphatic carbocycles. The van der Waals surface area contributed by atoms with Gasteiger partial charge in [-0.25, -0.2) is 0 Å². The van der Waals surface area contributed by atoms with Gasteiger partial charge < -0.3 is 19.9 Å². The molecule has 29 heavy (non-hydrogen) atoms. The first-order chi connectivity index (χ1) is 13.9. The molecule has 9 nitrogen and oxygen atoms in total. The molecule has 1 saturated heterocycles. The van der Waals surface area contributed by atoms with Crippen molar-refractivity contribution in [2.24, 2.45) is 0 Å². The van der Waals surface area contributed by atoms with Crippen molar-refractivity contribution in [3.8, 4) is 0 Å². The summed E-state index contributed by atoms with van der Waals surface area (Å²) < 4.78 is 5.45. The number of nitrogens with one attached hydrogen (secondary N) is 1. The molecular formula is C20H30N4O5. The minimum absolute atomic E-state index is 0.00179. The Labute approximate surface area is 171 Å². The maximum Gasteiger partial charge on any atom is 0.293 e. The first kappa shape index (κ1) is 22.6. The zero-order valence-electron chi connectivity index (χ0n) is 17.2. The minimum atomic E-state index is -0.467. The average Bonchev–Trinajstić information content (AvgIpc) is 2.72. The van der Waals surface area contributed by atoms with Crippen molar-refractivity contribution < 1.29 is 19.2 Å². The molecule has 1 aliphatic rings. The van der Waals surface area contributed by atoms with Crippen molar-refractivity contribution in [2.75, 3.05) is 50.8 Å². The summed E-state index contributed by atoms with van der Waals surface area (Å²) >= 11 is 0. The topological polar surface area (TPSA) is 105 Å². The van der Waals surface area contributed by atoms with E-state index in [4.69, 9.17) is 4.74 Å². The number of hydrogen-bond donors (Lipinski definition) is 1. The molecule has 0 bridgehead atoms. The van der Waals surface area contributed by atoms with Gasteiger partial charge in [0.05, 0.1) is 4.92 Å². The van der Waals surface area contributed by atoms with Gasteiger partial charge in [0.2, 0.25) is 5.91 Å². The number of nitro groups is 1. The van der Waals surface area contributed by atoms with Gasteiger partial charge in [-0.15, -0.1) is 0 Å². The number of carbonyl (C=O) groups is 2. The standard InChI is InChI=1S/C20H30N4O5/c1-3-4-13-29-14-5-8-21-20(26)17-6-7-18(19(15-17)24(27)28)23-11-9-22(10-12-23)16(2)25/h6-7,15H,3-5,8-14H2,1-2H3,(H,21,26).